The van der Waals surface area contributed by atoms with Gasteiger partial charge in [-0.25, -0.2) is 4.98 Å². The fourth-order valence-electron chi connectivity index (χ4n) is 3.38. The molecule has 0 fully saturated rings. The molecule has 0 bridgehead atoms. The van der Waals surface area contributed by atoms with Gasteiger partial charge in [0.1, 0.15) is 11.9 Å². The number of fused-ring (bicyclic) bond motifs is 1. The van der Waals surface area contributed by atoms with Gasteiger partial charge in [0, 0.05) is 18.7 Å². The number of H-pyrrole nitrogens is 1. The summed E-state index contributed by atoms with van der Waals surface area (Å²) in [5.74, 6) is 0.624. The van der Waals surface area contributed by atoms with Crippen LogP contribution >= 0.6 is 0 Å². The molecule has 1 amide bonds. The van der Waals surface area contributed by atoms with E-state index in [9.17, 15) is 9.90 Å². The third kappa shape index (κ3) is 3.51. The molecule has 27 heavy (non-hydrogen) atoms. The smallest absolute Gasteiger partial charge is 0.254 e. The van der Waals surface area contributed by atoms with Crippen molar-refractivity contribution in [3.63, 3.8) is 0 Å². The van der Waals surface area contributed by atoms with Crippen molar-refractivity contribution < 1.29 is 9.90 Å². The van der Waals surface area contributed by atoms with Gasteiger partial charge >= 0.3 is 0 Å². The third-order valence-corrected chi connectivity index (χ3v) is 5.06. The fraction of sp³-hybridized carbons (Fsp3) is 0.273. The van der Waals surface area contributed by atoms with Gasteiger partial charge in [-0.05, 0) is 55.7 Å². The summed E-state index contributed by atoms with van der Waals surface area (Å²) in [6.45, 7) is 5.24. The maximum absolute atomic E-state index is 12.8. The number of aliphatic hydroxyl groups excluding tert-OH is 1. The molecule has 138 valence electrons. The number of carbonyl (C=O) groups is 1. The summed E-state index contributed by atoms with van der Waals surface area (Å²) in [5.41, 5.74) is 5.73. The van der Waals surface area contributed by atoms with Gasteiger partial charge in [0.05, 0.1) is 11.0 Å². The SMILES string of the molecule is CC1=CCN(C(=O)c2cccc(-c3ccc4nc(C(C)O)[nH]c4c3)c2)CC1. The number of aromatic nitrogens is 2. The van der Waals surface area contributed by atoms with E-state index in [2.05, 4.69) is 23.0 Å². The Hall–Kier alpha value is -2.92. The van der Waals surface area contributed by atoms with Gasteiger partial charge in [0.15, 0.2) is 0 Å². The molecule has 0 radical (unpaired) electrons. The molecule has 1 aliphatic heterocycles. The first-order valence-electron chi connectivity index (χ1n) is 9.24. The number of aliphatic hydroxyl groups is 1. The van der Waals surface area contributed by atoms with E-state index in [1.54, 1.807) is 6.92 Å². The summed E-state index contributed by atoms with van der Waals surface area (Å²) in [5, 5.41) is 9.71. The van der Waals surface area contributed by atoms with E-state index in [-0.39, 0.29) is 5.91 Å². The zero-order chi connectivity index (χ0) is 19.0. The van der Waals surface area contributed by atoms with Gasteiger partial charge in [-0.3, -0.25) is 4.79 Å². The number of nitrogens with one attached hydrogen (secondary N) is 1. The second-order valence-electron chi connectivity index (χ2n) is 7.16. The van der Waals surface area contributed by atoms with Gasteiger partial charge in [0.2, 0.25) is 0 Å². The highest BCUT2D eigenvalue weighted by Crippen LogP contribution is 2.26. The highest BCUT2D eigenvalue weighted by atomic mass is 16.3. The number of imidazole rings is 1. The molecule has 5 nitrogen and oxygen atoms in total. The second kappa shape index (κ2) is 7.00. The van der Waals surface area contributed by atoms with Crippen molar-refractivity contribution in [3.8, 4) is 11.1 Å². The van der Waals surface area contributed by atoms with Crippen molar-refractivity contribution in [1.29, 1.82) is 0 Å². The molecule has 3 aromatic rings. The second-order valence-corrected chi connectivity index (χ2v) is 7.16. The number of benzene rings is 2. The van der Waals surface area contributed by atoms with Crippen LogP contribution in [0, 0.1) is 0 Å². The minimum atomic E-state index is -0.635. The molecule has 1 atom stereocenters. The topological polar surface area (TPSA) is 69.2 Å². The number of aromatic amines is 1. The molecule has 0 spiro atoms. The van der Waals surface area contributed by atoms with Gasteiger partial charge in [0.25, 0.3) is 5.91 Å². The van der Waals surface area contributed by atoms with E-state index < -0.39 is 6.10 Å². The van der Waals surface area contributed by atoms with E-state index in [1.165, 1.54) is 5.57 Å². The van der Waals surface area contributed by atoms with Crippen LogP contribution in [-0.4, -0.2) is 39.0 Å². The van der Waals surface area contributed by atoms with E-state index in [0.717, 1.165) is 35.1 Å². The first kappa shape index (κ1) is 17.5. The van der Waals surface area contributed by atoms with Crippen LogP contribution in [0.1, 0.15) is 42.6 Å². The highest BCUT2D eigenvalue weighted by molar-refractivity contribution is 5.96. The average molecular weight is 361 g/mol. The zero-order valence-corrected chi connectivity index (χ0v) is 15.6. The number of carbonyl (C=O) groups excluding carboxylic acids is 1. The Labute approximate surface area is 158 Å². The summed E-state index contributed by atoms with van der Waals surface area (Å²) in [7, 11) is 0. The first-order valence-corrected chi connectivity index (χ1v) is 9.24. The fourth-order valence-corrected chi connectivity index (χ4v) is 3.38. The van der Waals surface area contributed by atoms with Gasteiger partial charge < -0.3 is 15.0 Å². The number of amides is 1. The Balaban J connectivity index is 1.64. The molecule has 2 N–H and O–H groups in total. The molecule has 0 aliphatic carbocycles. The lowest BCUT2D eigenvalue weighted by atomic mass is 10.0. The van der Waals surface area contributed by atoms with Crippen LogP contribution in [0.25, 0.3) is 22.2 Å². The Morgan fingerprint density at radius 1 is 1.22 bits per heavy atom. The molecule has 5 heteroatoms. The molecule has 1 aliphatic rings. The molecule has 0 saturated heterocycles. The monoisotopic (exact) mass is 361 g/mol. The minimum absolute atomic E-state index is 0.0691. The molecular formula is C22H23N3O2. The van der Waals surface area contributed by atoms with Crippen LogP contribution in [0.3, 0.4) is 0 Å². The summed E-state index contributed by atoms with van der Waals surface area (Å²) < 4.78 is 0. The van der Waals surface area contributed by atoms with Crippen molar-refractivity contribution in [2.24, 2.45) is 0 Å². The van der Waals surface area contributed by atoms with E-state index >= 15 is 0 Å². The van der Waals surface area contributed by atoms with Crippen LogP contribution in [-0.2, 0) is 0 Å². The third-order valence-electron chi connectivity index (χ3n) is 5.06. The molecule has 0 saturated carbocycles. The number of rotatable bonds is 3. The van der Waals surface area contributed by atoms with Crippen molar-refractivity contribution in [2.75, 3.05) is 13.1 Å². The normalized spacial score (nSPS) is 15.7. The Bertz CT molecular complexity index is 1030. The van der Waals surface area contributed by atoms with Crippen molar-refractivity contribution >= 4 is 16.9 Å². The maximum atomic E-state index is 12.8. The Morgan fingerprint density at radius 2 is 2.04 bits per heavy atom. The summed E-state index contributed by atoms with van der Waals surface area (Å²) >= 11 is 0. The van der Waals surface area contributed by atoms with E-state index in [0.29, 0.717) is 17.9 Å². The minimum Gasteiger partial charge on any atom is -0.385 e. The zero-order valence-electron chi connectivity index (χ0n) is 15.6. The van der Waals surface area contributed by atoms with Crippen molar-refractivity contribution in [2.45, 2.75) is 26.4 Å². The standard InChI is InChI=1S/C22H23N3O2/c1-14-8-10-25(11-9-14)22(27)18-5-3-4-16(12-18)17-6-7-19-20(13-17)24-21(23-19)15(2)26/h3-8,12-13,15,26H,9-11H2,1-2H3,(H,23,24). The molecule has 1 unspecified atom stereocenters. The summed E-state index contributed by atoms with van der Waals surface area (Å²) in [6.07, 6.45) is 2.43. The van der Waals surface area contributed by atoms with Crippen molar-refractivity contribution in [1.82, 2.24) is 14.9 Å². The molecule has 4 rings (SSSR count). The lowest BCUT2D eigenvalue weighted by Crippen LogP contribution is -2.34. The van der Waals surface area contributed by atoms with E-state index in [4.69, 9.17) is 0 Å². The first-order chi connectivity index (χ1) is 13.0. The summed E-state index contributed by atoms with van der Waals surface area (Å²) in [6, 6.07) is 13.7. The Kier molecular flexibility index (Phi) is 4.54. The van der Waals surface area contributed by atoms with Gasteiger partial charge in [-0.1, -0.05) is 29.8 Å². The number of hydrogen-bond donors (Lipinski definition) is 2. The van der Waals surface area contributed by atoms with Crippen LogP contribution in [0.15, 0.2) is 54.1 Å². The Morgan fingerprint density at radius 3 is 2.78 bits per heavy atom. The largest absolute Gasteiger partial charge is 0.385 e. The predicted molar refractivity (Wildman–Crippen MR) is 106 cm³/mol. The van der Waals surface area contributed by atoms with Crippen LogP contribution in [0.2, 0.25) is 0 Å². The number of hydrogen-bond acceptors (Lipinski definition) is 3. The lowest BCUT2D eigenvalue weighted by molar-refractivity contribution is 0.0769. The summed E-state index contributed by atoms with van der Waals surface area (Å²) in [4.78, 5) is 22.3. The molecule has 2 heterocycles. The highest BCUT2D eigenvalue weighted by Gasteiger charge is 2.18. The van der Waals surface area contributed by atoms with E-state index in [1.807, 2.05) is 47.4 Å². The number of nitrogens with zero attached hydrogens (tertiary/aromatic N) is 2. The van der Waals surface area contributed by atoms with Gasteiger partial charge in [-0.2, -0.15) is 0 Å². The van der Waals surface area contributed by atoms with Crippen LogP contribution in [0.5, 0.6) is 0 Å². The van der Waals surface area contributed by atoms with Crippen LogP contribution in [0.4, 0.5) is 0 Å². The molecular weight excluding hydrogens is 338 g/mol. The maximum Gasteiger partial charge on any atom is 0.254 e. The molecule has 1 aromatic heterocycles. The predicted octanol–water partition coefficient (Wildman–Crippen LogP) is 4.08. The van der Waals surface area contributed by atoms with Crippen molar-refractivity contribution in [3.05, 3.63) is 65.5 Å². The average Bonchev–Trinajstić information content (AvgIpc) is 3.12. The van der Waals surface area contributed by atoms with Gasteiger partial charge in [-0.15, -0.1) is 0 Å². The molecule has 2 aromatic carbocycles. The van der Waals surface area contributed by atoms with Crippen LogP contribution < -0.4 is 0 Å². The lowest BCUT2D eigenvalue weighted by Gasteiger charge is -2.25. The quantitative estimate of drug-likeness (QED) is 0.691.